The molecule has 0 spiro atoms. The number of unbranched alkanes of at least 4 members (excludes halogenated alkanes) is 1. The predicted octanol–water partition coefficient (Wildman–Crippen LogP) is 6.14. The lowest BCUT2D eigenvalue weighted by Crippen LogP contribution is -2.26. The van der Waals surface area contributed by atoms with Crippen LogP contribution in [-0.4, -0.2) is 10.4 Å². The molecule has 0 fully saturated rings. The number of rotatable bonds is 10. The van der Waals surface area contributed by atoms with Crippen molar-refractivity contribution in [2.24, 2.45) is 7.05 Å². The molecule has 0 aliphatic carbocycles. The number of benzene rings is 1. The first-order valence-electron chi connectivity index (χ1n) is 11.0. The number of ketones is 1. The first kappa shape index (κ1) is 23.6. The third-order valence-corrected chi connectivity index (χ3v) is 5.64. The molecule has 1 heterocycles. The summed E-state index contributed by atoms with van der Waals surface area (Å²) in [7, 11) is 1.95. The third kappa shape index (κ3) is 5.91. The number of pyridine rings is 1. The zero-order valence-corrected chi connectivity index (χ0v) is 19.1. The summed E-state index contributed by atoms with van der Waals surface area (Å²) < 4.78 is 2.01. The van der Waals surface area contributed by atoms with E-state index < -0.39 is 0 Å². The van der Waals surface area contributed by atoms with Crippen molar-refractivity contribution in [1.29, 1.82) is 0 Å². The molecule has 160 valence electrons. The Hall–Kier alpha value is -2.68. The van der Waals surface area contributed by atoms with Crippen LogP contribution in [0.15, 0.2) is 47.3 Å². The zero-order chi connectivity index (χ0) is 22.1. The van der Waals surface area contributed by atoms with Gasteiger partial charge in [-0.25, -0.2) is 0 Å². The maximum absolute atomic E-state index is 13.2. The van der Waals surface area contributed by atoms with Crippen molar-refractivity contribution in [1.82, 2.24) is 4.57 Å². The molecule has 2 rings (SSSR count). The highest BCUT2D eigenvalue weighted by molar-refractivity contribution is 5.97. The number of hydrogen-bond acceptors (Lipinski definition) is 2. The van der Waals surface area contributed by atoms with E-state index in [4.69, 9.17) is 0 Å². The Morgan fingerprint density at radius 2 is 1.77 bits per heavy atom. The van der Waals surface area contributed by atoms with Crippen molar-refractivity contribution in [3.8, 4) is 0 Å². The molecule has 3 nitrogen and oxygen atoms in total. The van der Waals surface area contributed by atoms with E-state index in [0.717, 1.165) is 37.1 Å². The van der Waals surface area contributed by atoms with Crippen molar-refractivity contribution >= 4 is 11.9 Å². The molecular weight excluding hydrogens is 370 g/mol. The van der Waals surface area contributed by atoms with Crippen molar-refractivity contribution in [3.63, 3.8) is 0 Å². The second-order valence-electron chi connectivity index (χ2n) is 7.91. The lowest BCUT2D eigenvalue weighted by atomic mass is 9.97. The van der Waals surface area contributed by atoms with Gasteiger partial charge in [-0.1, -0.05) is 61.1 Å². The largest absolute Gasteiger partial charge is 0.350 e. The number of hydrogen-bond donors (Lipinski definition) is 0. The highest BCUT2D eigenvalue weighted by atomic mass is 16.1. The van der Waals surface area contributed by atoms with Crippen molar-refractivity contribution in [2.45, 2.75) is 66.2 Å². The minimum Gasteiger partial charge on any atom is -0.350 e. The summed E-state index contributed by atoms with van der Waals surface area (Å²) in [4.78, 5) is 26.2. The highest BCUT2D eigenvalue weighted by Crippen LogP contribution is 2.17. The minimum atomic E-state index is -0.127. The Morgan fingerprint density at radius 3 is 2.40 bits per heavy atom. The molecule has 0 bridgehead atoms. The maximum atomic E-state index is 13.2. The smallest absolute Gasteiger partial charge is 0.200 e. The van der Waals surface area contributed by atoms with Crippen LogP contribution in [0.4, 0.5) is 0 Å². The Morgan fingerprint density at radius 1 is 1.07 bits per heavy atom. The quantitative estimate of drug-likeness (QED) is 0.270. The Kier molecular flexibility index (Phi) is 9.04. The summed E-state index contributed by atoms with van der Waals surface area (Å²) in [5.41, 5.74) is 5.14. The molecule has 2 aromatic rings. The van der Waals surface area contributed by atoms with Gasteiger partial charge in [0.05, 0.1) is 5.56 Å². The van der Waals surface area contributed by atoms with E-state index in [1.54, 1.807) is 0 Å². The fourth-order valence-corrected chi connectivity index (χ4v) is 3.69. The Bertz CT molecular complexity index is 975. The molecule has 0 saturated heterocycles. The predicted molar refractivity (Wildman–Crippen MR) is 127 cm³/mol. The van der Waals surface area contributed by atoms with Crippen LogP contribution < -0.4 is 5.43 Å². The molecule has 0 atom stereocenters. The summed E-state index contributed by atoms with van der Waals surface area (Å²) in [6.07, 6.45) is 12.5. The summed E-state index contributed by atoms with van der Waals surface area (Å²) >= 11 is 0. The third-order valence-electron chi connectivity index (χ3n) is 5.64. The van der Waals surface area contributed by atoms with Gasteiger partial charge in [0.2, 0.25) is 0 Å². The SMILES string of the molecule is CC=CCc1c(/C=C/CC)c(=O)c(C(=O)CCCCc2ccc(C)cc2)c(C)n1C. The van der Waals surface area contributed by atoms with Crippen LogP contribution in [0.3, 0.4) is 0 Å². The number of carbonyl (C=O) groups is 1. The molecule has 0 aliphatic rings. The molecule has 0 unspecified atom stereocenters. The van der Waals surface area contributed by atoms with Gasteiger partial charge in [-0.05, 0) is 52.0 Å². The number of allylic oxidation sites excluding steroid dienone is 3. The van der Waals surface area contributed by atoms with E-state index in [1.807, 2.05) is 56.7 Å². The highest BCUT2D eigenvalue weighted by Gasteiger charge is 2.20. The lowest BCUT2D eigenvalue weighted by Gasteiger charge is -2.17. The van der Waals surface area contributed by atoms with Crippen LogP contribution in [-0.2, 0) is 19.9 Å². The molecular formula is C27H35NO2. The molecule has 0 saturated carbocycles. The van der Waals surface area contributed by atoms with Gasteiger partial charge in [-0.2, -0.15) is 0 Å². The van der Waals surface area contributed by atoms with Crippen LogP contribution in [0.5, 0.6) is 0 Å². The number of aryl methyl sites for hydroxylation is 2. The second kappa shape index (κ2) is 11.5. The number of aromatic nitrogens is 1. The van der Waals surface area contributed by atoms with E-state index >= 15 is 0 Å². The number of nitrogens with zero attached hydrogens (tertiary/aromatic N) is 1. The molecule has 0 N–H and O–H groups in total. The normalized spacial score (nSPS) is 11.6. The van der Waals surface area contributed by atoms with E-state index in [1.165, 1.54) is 11.1 Å². The van der Waals surface area contributed by atoms with E-state index in [2.05, 4.69) is 31.2 Å². The zero-order valence-electron chi connectivity index (χ0n) is 19.1. The van der Waals surface area contributed by atoms with Gasteiger partial charge in [0.15, 0.2) is 11.2 Å². The topological polar surface area (TPSA) is 39.1 Å². The molecule has 1 aromatic heterocycles. The van der Waals surface area contributed by atoms with Crippen LogP contribution >= 0.6 is 0 Å². The number of Topliss-reactive ketones (excluding diaryl/α,β-unsaturated/α-hetero) is 1. The van der Waals surface area contributed by atoms with Crippen molar-refractivity contribution in [3.05, 3.63) is 86.4 Å². The van der Waals surface area contributed by atoms with E-state index in [9.17, 15) is 9.59 Å². The van der Waals surface area contributed by atoms with Gasteiger partial charge < -0.3 is 4.57 Å². The summed E-state index contributed by atoms with van der Waals surface area (Å²) in [6.45, 7) is 7.98. The van der Waals surface area contributed by atoms with Crippen LogP contribution in [0.25, 0.3) is 6.08 Å². The molecule has 3 heteroatoms. The minimum absolute atomic E-state index is 0.0410. The summed E-state index contributed by atoms with van der Waals surface area (Å²) in [5, 5.41) is 0. The monoisotopic (exact) mass is 405 g/mol. The van der Waals surface area contributed by atoms with Gasteiger partial charge in [0, 0.05) is 36.8 Å². The summed E-state index contributed by atoms with van der Waals surface area (Å²) in [5.74, 6) is -0.0410. The van der Waals surface area contributed by atoms with Gasteiger partial charge in [0.25, 0.3) is 0 Å². The maximum Gasteiger partial charge on any atom is 0.200 e. The average molecular weight is 406 g/mol. The first-order valence-corrected chi connectivity index (χ1v) is 11.0. The molecule has 30 heavy (non-hydrogen) atoms. The number of carbonyl (C=O) groups excluding carboxylic acids is 1. The van der Waals surface area contributed by atoms with Gasteiger partial charge >= 0.3 is 0 Å². The fourth-order valence-electron chi connectivity index (χ4n) is 3.69. The van der Waals surface area contributed by atoms with Gasteiger partial charge in [-0.3, -0.25) is 9.59 Å². The van der Waals surface area contributed by atoms with E-state index in [-0.39, 0.29) is 11.2 Å². The first-order chi connectivity index (χ1) is 14.4. The molecule has 0 amide bonds. The Labute approximate surface area is 181 Å². The Balaban J connectivity index is 2.21. The van der Waals surface area contributed by atoms with Gasteiger partial charge in [-0.15, -0.1) is 0 Å². The molecule has 1 aromatic carbocycles. The second-order valence-corrected chi connectivity index (χ2v) is 7.91. The van der Waals surface area contributed by atoms with Crippen molar-refractivity contribution in [2.75, 3.05) is 0 Å². The van der Waals surface area contributed by atoms with Crippen LogP contribution in [0, 0.1) is 13.8 Å². The fraction of sp³-hybridized carbons (Fsp3) is 0.407. The van der Waals surface area contributed by atoms with Crippen LogP contribution in [0.1, 0.15) is 78.0 Å². The lowest BCUT2D eigenvalue weighted by molar-refractivity contribution is 0.0976. The summed E-state index contributed by atoms with van der Waals surface area (Å²) in [6, 6.07) is 8.53. The molecule has 0 aliphatic heterocycles. The molecule has 0 radical (unpaired) electrons. The van der Waals surface area contributed by atoms with Gasteiger partial charge in [0.1, 0.15) is 0 Å². The average Bonchev–Trinajstić information content (AvgIpc) is 2.73. The van der Waals surface area contributed by atoms with Crippen molar-refractivity contribution < 1.29 is 4.79 Å². The standard InChI is InChI=1S/C27H35NO2/c1-6-8-13-23-24(14-9-7-2)28(5)21(4)26(27(23)30)25(29)15-11-10-12-22-18-16-20(3)17-19-22/h7-9,13,16-19H,6,10-12,14-15H2,1-5H3/b9-7?,13-8+. The van der Waals surface area contributed by atoms with Crippen LogP contribution in [0.2, 0.25) is 0 Å². The van der Waals surface area contributed by atoms with E-state index in [0.29, 0.717) is 24.0 Å².